The number of nitrogens with zero attached hydrogens (tertiary/aromatic N) is 1. The highest BCUT2D eigenvalue weighted by Crippen LogP contribution is 2.18. The standard InChI is InChI=1S/C15H22N2OS/c1-11(2)17-8-7-12(10-17)9-16-15(18)13-5-3-4-6-14(13)19/h3-6,11-12,19H,7-10H2,1-2H3,(H,16,18). The van der Waals surface area contributed by atoms with Gasteiger partial charge in [-0.25, -0.2) is 0 Å². The fourth-order valence-corrected chi connectivity index (χ4v) is 2.76. The van der Waals surface area contributed by atoms with Gasteiger partial charge in [0.1, 0.15) is 0 Å². The maximum absolute atomic E-state index is 12.1. The van der Waals surface area contributed by atoms with Crippen molar-refractivity contribution in [3.8, 4) is 0 Å². The Labute approximate surface area is 120 Å². The lowest BCUT2D eigenvalue weighted by Crippen LogP contribution is -2.33. The van der Waals surface area contributed by atoms with E-state index in [1.165, 1.54) is 6.42 Å². The van der Waals surface area contributed by atoms with Crippen molar-refractivity contribution in [2.24, 2.45) is 5.92 Å². The number of carbonyl (C=O) groups is 1. The van der Waals surface area contributed by atoms with Gasteiger partial charge in [0.25, 0.3) is 5.91 Å². The maximum Gasteiger partial charge on any atom is 0.252 e. The number of hydrogen-bond acceptors (Lipinski definition) is 3. The molecular weight excluding hydrogens is 256 g/mol. The number of likely N-dealkylation sites (tertiary alicyclic amines) is 1. The van der Waals surface area contributed by atoms with Crippen molar-refractivity contribution in [2.75, 3.05) is 19.6 Å². The van der Waals surface area contributed by atoms with Crippen LogP contribution < -0.4 is 5.32 Å². The summed E-state index contributed by atoms with van der Waals surface area (Å²) >= 11 is 4.31. The molecule has 0 bridgehead atoms. The average Bonchev–Trinajstić information content (AvgIpc) is 2.85. The maximum atomic E-state index is 12.1. The number of rotatable bonds is 4. The average molecular weight is 278 g/mol. The van der Waals surface area contributed by atoms with Gasteiger partial charge in [0.2, 0.25) is 0 Å². The molecule has 1 aromatic carbocycles. The minimum atomic E-state index is -0.0198. The summed E-state index contributed by atoms with van der Waals surface area (Å²) < 4.78 is 0. The van der Waals surface area contributed by atoms with Gasteiger partial charge in [-0.1, -0.05) is 12.1 Å². The van der Waals surface area contributed by atoms with Crippen molar-refractivity contribution in [2.45, 2.75) is 31.2 Å². The van der Waals surface area contributed by atoms with E-state index in [1.54, 1.807) is 0 Å². The third-order valence-corrected chi connectivity index (χ3v) is 4.14. The van der Waals surface area contributed by atoms with E-state index in [1.807, 2.05) is 24.3 Å². The second-order valence-electron chi connectivity index (χ2n) is 5.47. The predicted molar refractivity (Wildman–Crippen MR) is 80.8 cm³/mol. The van der Waals surface area contributed by atoms with Crippen LogP contribution in [0.15, 0.2) is 29.2 Å². The normalized spacial score (nSPS) is 19.9. The molecule has 19 heavy (non-hydrogen) atoms. The van der Waals surface area contributed by atoms with Gasteiger partial charge in [-0.2, -0.15) is 0 Å². The van der Waals surface area contributed by atoms with Gasteiger partial charge in [-0.15, -0.1) is 12.6 Å². The second-order valence-corrected chi connectivity index (χ2v) is 5.95. The van der Waals surface area contributed by atoms with Crippen LogP contribution in [0, 0.1) is 5.92 Å². The molecule has 1 unspecified atom stereocenters. The molecule has 104 valence electrons. The van der Waals surface area contributed by atoms with Crippen LogP contribution in [0.2, 0.25) is 0 Å². The SMILES string of the molecule is CC(C)N1CCC(CNC(=O)c2ccccc2S)C1. The smallest absolute Gasteiger partial charge is 0.252 e. The van der Waals surface area contributed by atoms with E-state index in [2.05, 4.69) is 36.7 Å². The van der Waals surface area contributed by atoms with Gasteiger partial charge in [0, 0.05) is 24.0 Å². The van der Waals surface area contributed by atoms with Gasteiger partial charge in [0.15, 0.2) is 0 Å². The molecule has 1 aliphatic heterocycles. The fraction of sp³-hybridized carbons (Fsp3) is 0.533. The molecule has 1 atom stereocenters. The first-order valence-electron chi connectivity index (χ1n) is 6.88. The number of thiol groups is 1. The van der Waals surface area contributed by atoms with Crippen LogP contribution in [0.5, 0.6) is 0 Å². The van der Waals surface area contributed by atoms with Gasteiger partial charge in [-0.05, 0) is 44.9 Å². The molecule has 0 radical (unpaired) electrons. The molecule has 4 heteroatoms. The van der Waals surface area contributed by atoms with E-state index in [-0.39, 0.29) is 5.91 Å². The molecular formula is C15H22N2OS. The van der Waals surface area contributed by atoms with Crippen LogP contribution >= 0.6 is 12.6 Å². The summed E-state index contributed by atoms with van der Waals surface area (Å²) in [5.41, 5.74) is 0.657. The molecule has 2 rings (SSSR count). The monoisotopic (exact) mass is 278 g/mol. The lowest BCUT2D eigenvalue weighted by atomic mass is 10.1. The van der Waals surface area contributed by atoms with Gasteiger partial charge in [0.05, 0.1) is 5.56 Å². The Hall–Kier alpha value is -1.00. The Morgan fingerprint density at radius 1 is 1.47 bits per heavy atom. The summed E-state index contributed by atoms with van der Waals surface area (Å²) in [5, 5.41) is 3.03. The van der Waals surface area contributed by atoms with Crippen molar-refractivity contribution >= 4 is 18.5 Å². The zero-order valence-electron chi connectivity index (χ0n) is 11.6. The van der Waals surface area contributed by atoms with E-state index in [0.29, 0.717) is 17.5 Å². The number of hydrogen-bond donors (Lipinski definition) is 2. The highest BCUT2D eigenvalue weighted by atomic mass is 32.1. The van der Waals surface area contributed by atoms with Gasteiger partial charge >= 0.3 is 0 Å². The Morgan fingerprint density at radius 2 is 2.21 bits per heavy atom. The van der Waals surface area contributed by atoms with Crippen LogP contribution in [0.1, 0.15) is 30.6 Å². The van der Waals surface area contributed by atoms with Crippen molar-refractivity contribution in [1.29, 1.82) is 0 Å². The molecule has 3 nitrogen and oxygen atoms in total. The van der Waals surface area contributed by atoms with Crippen molar-refractivity contribution in [3.63, 3.8) is 0 Å². The fourth-order valence-electron chi connectivity index (χ4n) is 2.50. The molecule has 0 aliphatic carbocycles. The minimum absolute atomic E-state index is 0.0198. The summed E-state index contributed by atoms with van der Waals surface area (Å²) in [6.07, 6.45) is 1.17. The molecule has 1 heterocycles. The van der Waals surface area contributed by atoms with Crippen LogP contribution in [0.3, 0.4) is 0 Å². The largest absolute Gasteiger partial charge is 0.352 e. The number of benzene rings is 1. The van der Waals surface area contributed by atoms with E-state index < -0.39 is 0 Å². The quantitative estimate of drug-likeness (QED) is 0.829. The van der Waals surface area contributed by atoms with E-state index >= 15 is 0 Å². The molecule has 1 N–H and O–H groups in total. The van der Waals surface area contributed by atoms with E-state index in [0.717, 1.165) is 24.5 Å². The molecule has 0 aromatic heterocycles. The minimum Gasteiger partial charge on any atom is -0.352 e. The molecule has 1 aromatic rings. The van der Waals surface area contributed by atoms with Crippen molar-refractivity contribution in [1.82, 2.24) is 10.2 Å². The Bertz CT molecular complexity index is 448. The van der Waals surface area contributed by atoms with E-state index in [4.69, 9.17) is 0 Å². The zero-order valence-corrected chi connectivity index (χ0v) is 12.5. The van der Waals surface area contributed by atoms with E-state index in [9.17, 15) is 4.79 Å². The topological polar surface area (TPSA) is 32.3 Å². The molecule has 1 fully saturated rings. The van der Waals surface area contributed by atoms with Crippen LogP contribution in [-0.4, -0.2) is 36.5 Å². The first-order valence-corrected chi connectivity index (χ1v) is 7.33. The summed E-state index contributed by atoms with van der Waals surface area (Å²) in [5.74, 6) is 0.548. The summed E-state index contributed by atoms with van der Waals surface area (Å²) in [7, 11) is 0. The zero-order chi connectivity index (χ0) is 13.8. The number of carbonyl (C=O) groups excluding carboxylic acids is 1. The Morgan fingerprint density at radius 3 is 2.84 bits per heavy atom. The molecule has 0 saturated carbocycles. The second kappa shape index (κ2) is 6.44. The van der Waals surface area contributed by atoms with Gasteiger partial charge < -0.3 is 10.2 Å². The molecule has 1 amide bonds. The predicted octanol–water partition coefficient (Wildman–Crippen LogP) is 2.44. The highest BCUT2D eigenvalue weighted by molar-refractivity contribution is 7.80. The first kappa shape index (κ1) is 14.4. The number of amides is 1. The summed E-state index contributed by atoms with van der Waals surface area (Å²) in [4.78, 5) is 15.3. The lowest BCUT2D eigenvalue weighted by molar-refractivity contribution is 0.0944. The van der Waals surface area contributed by atoms with Gasteiger partial charge in [-0.3, -0.25) is 4.79 Å². The Balaban J connectivity index is 1.84. The first-order chi connectivity index (χ1) is 9.08. The lowest BCUT2D eigenvalue weighted by Gasteiger charge is -2.20. The van der Waals surface area contributed by atoms with Crippen LogP contribution in [-0.2, 0) is 0 Å². The molecule has 0 spiro atoms. The van der Waals surface area contributed by atoms with Crippen LogP contribution in [0.4, 0.5) is 0 Å². The molecule has 1 saturated heterocycles. The summed E-state index contributed by atoms with van der Waals surface area (Å²) in [6, 6.07) is 8.00. The van der Waals surface area contributed by atoms with Crippen LogP contribution in [0.25, 0.3) is 0 Å². The highest BCUT2D eigenvalue weighted by Gasteiger charge is 2.24. The van der Waals surface area contributed by atoms with Crippen molar-refractivity contribution < 1.29 is 4.79 Å². The summed E-state index contributed by atoms with van der Waals surface area (Å²) in [6.45, 7) is 7.42. The Kier molecular flexibility index (Phi) is 4.88. The third kappa shape index (κ3) is 3.74. The number of nitrogens with one attached hydrogen (secondary N) is 1. The molecule has 1 aliphatic rings. The third-order valence-electron chi connectivity index (χ3n) is 3.75. The van der Waals surface area contributed by atoms with Crippen molar-refractivity contribution in [3.05, 3.63) is 29.8 Å².